The number of hydrogen-bond donors (Lipinski definition) is 1. The summed E-state index contributed by atoms with van der Waals surface area (Å²) in [6.07, 6.45) is 3.27. The third kappa shape index (κ3) is 1.46. The number of nitrogens with zero attached hydrogens (tertiary/aromatic N) is 5. The Morgan fingerprint density at radius 1 is 1.20 bits per heavy atom. The van der Waals surface area contributed by atoms with Crippen LogP contribution in [0.3, 0.4) is 0 Å². The summed E-state index contributed by atoms with van der Waals surface area (Å²) in [4.78, 5) is 0.970. The van der Waals surface area contributed by atoms with Crippen molar-refractivity contribution in [2.24, 2.45) is 0 Å². The lowest BCUT2D eigenvalue weighted by molar-refractivity contribution is 0.862. The summed E-state index contributed by atoms with van der Waals surface area (Å²) in [6.45, 7) is 0. The van der Waals surface area contributed by atoms with Crippen molar-refractivity contribution in [2.45, 2.75) is 4.90 Å². The maximum atomic E-state index is 4.01. The molecule has 7 heteroatoms. The highest BCUT2D eigenvalue weighted by atomic mass is 32.2. The molecule has 0 fully saturated rings. The van der Waals surface area contributed by atoms with Gasteiger partial charge in [-0.1, -0.05) is 11.3 Å². The molecule has 0 aliphatic rings. The molecule has 3 rings (SSSR count). The number of rotatable bonds is 2. The molecule has 0 amide bonds. The Hall–Kier alpha value is -1.89. The van der Waals surface area contributed by atoms with E-state index in [9.17, 15) is 0 Å². The van der Waals surface area contributed by atoms with Crippen LogP contribution in [0.5, 0.6) is 0 Å². The SMILES string of the molecule is c1cc(Sn2nccn2)c2nn[nH]c2c1. The molecule has 74 valence electrons. The number of benzene rings is 1. The second kappa shape index (κ2) is 3.35. The first kappa shape index (κ1) is 8.42. The molecule has 0 spiro atoms. The molecule has 0 saturated heterocycles. The van der Waals surface area contributed by atoms with Gasteiger partial charge in [-0.3, -0.25) is 5.10 Å². The van der Waals surface area contributed by atoms with Crippen LogP contribution >= 0.6 is 11.9 Å². The predicted octanol–water partition coefficient (Wildman–Crippen LogP) is 1.10. The summed E-state index contributed by atoms with van der Waals surface area (Å²) in [7, 11) is 0. The van der Waals surface area contributed by atoms with Gasteiger partial charge in [0.1, 0.15) is 5.52 Å². The number of nitrogens with one attached hydrogen (secondary N) is 1. The van der Waals surface area contributed by atoms with Crippen LogP contribution in [0, 0.1) is 0 Å². The summed E-state index contributed by atoms with van der Waals surface area (Å²) < 4.78 is 1.53. The molecular formula is C8H6N6S. The zero-order valence-electron chi connectivity index (χ0n) is 7.53. The Morgan fingerprint density at radius 2 is 2.07 bits per heavy atom. The van der Waals surface area contributed by atoms with Gasteiger partial charge in [-0.05, 0) is 12.1 Å². The van der Waals surface area contributed by atoms with Crippen LogP contribution < -0.4 is 0 Å². The summed E-state index contributed by atoms with van der Waals surface area (Å²) in [6, 6.07) is 5.82. The molecule has 1 N–H and O–H groups in total. The zero-order chi connectivity index (χ0) is 10.1. The molecule has 2 aromatic heterocycles. The summed E-state index contributed by atoms with van der Waals surface area (Å²) >= 11 is 1.40. The molecule has 15 heavy (non-hydrogen) atoms. The number of hydrogen-bond acceptors (Lipinski definition) is 5. The van der Waals surface area contributed by atoms with Gasteiger partial charge in [0.25, 0.3) is 0 Å². The van der Waals surface area contributed by atoms with Crippen LogP contribution in [0.15, 0.2) is 35.5 Å². The van der Waals surface area contributed by atoms with Crippen LogP contribution in [0.4, 0.5) is 0 Å². The molecule has 0 bridgehead atoms. The van der Waals surface area contributed by atoms with E-state index in [4.69, 9.17) is 0 Å². The van der Waals surface area contributed by atoms with Crippen LogP contribution in [0.2, 0.25) is 0 Å². The Labute approximate surface area is 88.8 Å². The summed E-state index contributed by atoms with van der Waals surface area (Å²) in [5, 5.41) is 18.6. The van der Waals surface area contributed by atoms with Crippen molar-refractivity contribution in [3.8, 4) is 0 Å². The molecule has 3 aromatic rings. The Balaban J connectivity index is 2.07. The average molecular weight is 218 g/mol. The van der Waals surface area contributed by atoms with Gasteiger partial charge < -0.3 is 0 Å². The normalized spacial score (nSPS) is 10.9. The molecule has 1 aromatic carbocycles. The van der Waals surface area contributed by atoms with Crippen molar-refractivity contribution in [2.75, 3.05) is 0 Å². The van der Waals surface area contributed by atoms with Crippen molar-refractivity contribution in [3.63, 3.8) is 0 Å². The zero-order valence-corrected chi connectivity index (χ0v) is 8.35. The highest BCUT2D eigenvalue weighted by Gasteiger charge is 2.06. The fourth-order valence-electron chi connectivity index (χ4n) is 1.26. The van der Waals surface area contributed by atoms with E-state index < -0.39 is 0 Å². The van der Waals surface area contributed by atoms with Gasteiger partial charge in [-0.15, -0.1) is 9.30 Å². The standard InChI is InChI=1S/C8H6N6S/c1-2-6-8(12-13-11-6)7(3-1)15-14-9-4-5-10-14/h1-5H,(H,11,12,13). The van der Waals surface area contributed by atoms with Gasteiger partial charge in [0.15, 0.2) is 0 Å². The monoisotopic (exact) mass is 218 g/mol. The molecular weight excluding hydrogens is 212 g/mol. The smallest absolute Gasteiger partial charge is 0.128 e. The first-order valence-electron chi connectivity index (χ1n) is 4.28. The van der Waals surface area contributed by atoms with Crippen molar-refractivity contribution in [3.05, 3.63) is 30.6 Å². The molecule has 0 atom stereocenters. The van der Waals surface area contributed by atoms with Crippen molar-refractivity contribution >= 4 is 23.0 Å². The molecule has 0 aliphatic carbocycles. The van der Waals surface area contributed by atoms with Crippen LogP contribution in [0.25, 0.3) is 11.0 Å². The number of aromatic nitrogens is 6. The van der Waals surface area contributed by atoms with E-state index in [0.717, 1.165) is 15.9 Å². The fraction of sp³-hybridized carbons (Fsp3) is 0. The van der Waals surface area contributed by atoms with E-state index in [1.165, 1.54) is 16.1 Å². The first-order chi connectivity index (χ1) is 7.43. The van der Waals surface area contributed by atoms with E-state index in [0.29, 0.717) is 0 Å². The van der Waals surface area contributed by atoms with E-state index in [-0.39, 0.29) is 0 Å². The second-order valence-electron chi connectivity index (χ2n) is 2.84. The molecule has 0 radical (unpaired) electrons. The largest absolute Gasteiger partial charge is 0.258 e. The van der Waals surface area contributed by atoms with Crippen molar-refractivity contribution in [1.29, 1.82) is 0 Å². The summed E-state index contributed by atoms with van der Waals surface area (Å²) in [5.74, 6) is 0. The lowest BCUT2D eigenvalue weighted by Crippen LogP contribution is -1.91. The van der Waals surface area contributed by atoms with E-state index >= 15 is 0 Å². The van der Waals surface area contributed by atoms with E-state index in [1.807, 2.05) is 18.2 Å². The van der Waals surface area contributed by atoms with Gasteiger partial charge in [-0.2, -0.15) is 10.2 Å². The Kier molecular flexibility index (Phi) is 1.88. The van der Waals surface area contributed by atoms with Crippen molar-refractivity contribution < 1.29 is 0 Å². The van der Waals surface area contributed by atoms with E-state index in [2.05, 4.69) is 25.6 Å². The number of aromatic amines is 1. The van der Waals surface area contributed by atoms with Gasteiger partial charge in [0.2, 0.25) is 0 Å². The molecule has 0 unspecified atom stereocenters. The quantitative estimate of drug-likeness (QED) is 0.697. The van der Waals surface area contributed by atoms with Gasteiger partial charge in [-0.25, -0.2) is 0 Å². The first-order valence-corrected chi connectivity index (χ1v) is 5.05. The predicted molar refractivity (Wildman–Crippen MR) is 55.2 cm³/mol. The molecule has 0 aliphatic heterocycles. The van der Waals surface area contributed by atoms with Gasteiger partial charge in [0.05, 0.1) is 22.8 Å². The van der Waals surface area contributed by atoms with Crippen LogP contribution in [-0.4, -0.2) is 29.8 Å². The maximum absolute atomic E-state index is 4.01. The highest BCUT2D eigenvalue weighted by molar-refractivity contribution is 7.97. The third-order valence-corrected chi connectivity index (χ3v) is 2.78. The number of fused-ring (bicyclic) bond motifs is 1. The second-order valence-corrected chi connectivity index (χ2v) is 3.79. The highest BCUT2D eigenvalue weighted by Crippen LogP contribution is 2.24. The topological polar surface area (TPSA) is 72.3 Å². The van der Waals surface area contributed by atoms with Crippen LogP contribution in [0.1, 0.15) is 0 Å². The molecule has 6 nitrogen and oxygen atoms in total. The van der Waals surface area contributed by atoms with Crippen molar-refractivity contribution in [1.82, 2.24) is 29.8 Å². The summed E-state index contributed by atoms with van der Waals surface area (Å²) in [5.41, 5.74) is 1.74. The van der Waals surface area contributed by atoms with Gasteiger partial charge in [0, 0.05) is 11.9 Å². The van der Waals surface area contributed by atoms with Gasteiger partial charge >= 0.3 is 0 Å². The van der Waals surface area contributed by atoms with E-state index in [1.54, 1.807) is 12.4 Å². The fourth-order valence-corrected chi connectivity index (χ4v) is 2.01. The maximum Gasteiger partial charge on any atom is 0.128 e. The molecule has 0 saturated carbocycles. The lowest BCUT2D eigenvalue weighted by Gasteiger charge is -1.98. The van der Waals surface area contributed by atoms with Crippen LogP contribution in [-0.2, 0) is 0 Å². The minimum absolute atomic E-state index is 0.833. The minimum Gasteiger partial charge on any atom is -0.258 e. The number of H-pyrrole nitrogens is 1. The lowest BCUT2D eigenvalue weighted by atomic mass is 10.3. The molecule has 2 heterocycles. The third-order valence-electron chi connectivity index (χ3n) is 1.90. The Morgan fingerprint density at radius 3 is 2.93 bits per heavy atom. The average Bonchev–Trinajstić information content (AvgIpc) is 2.87. The Bertz CT molecular complexity index is 572. The minimum atomic E-state index is 0.833.